The summed E-state index contributed by atoms with van der Waals surface area (Å²) in [5, 5.41) is 14.0. The Kier molecular flexibility index (Phi) is 7.06. The minimum absolute atomic E-state index is 0.0133. The van der Waals surface area contributed by atoms with Crippen molar-refractivity contribution in [2.75, 3.05) is 11.6 Å². The van der Waals surface area contributed by atoms with E-state index in [9.17, 15) is 42.7 Å². The summed E-state index contributed by atoms with van der Waals surface area (Å²) in [6.45, 7) is -0.397. The summed E-state index contributed by atoms with van der Waals surface area (Å²) in [7, 11) is -13.7. The molecule has 0 spiro atoms. The second kappa shape index (κ2) is 9.46. The summed E-state index contributed by atoms with van der Waals surface area (Å²) in [5.74, 6) is -1.39. The molecule has 10 nitrogen and oxygen atoms in total. The van der Waals surface area contributed by atoms with Gasteiger partial charge >= 0.3 is 16.3 Å². The fourth-order valence-electron chi connectivity index (χ4n) is 4.05. The number of nitrogens with two attached hydrogens (primary N) is 1. The van der Waals surface area contributed by atoms with Crippen molar-refractivity contribution in [2.24, 2.45) is 5.73 Å². The standard InChI is InChI=1S/C23H18Cl2F5N5O5S2/c1-41(38,39)13-4-2-12(3-5-13)11-40-22(37)33-20-18(23(6-7-23)21(32)36)17(10-31)34-35(20)19-15(24)8-14(9-16(19)25)42(26,27,28,29)30/h2-5,8-9H,6-7,11H2,1H3,(H2,32,36)(H,33,37). The SMILES string of the molecule is CS(=O)(=O)c1ccc(COC(=O)Nc2c(C3(C(N)=O)CC3)c(C#N)nn2-c2c(Cl)cc(S(F)(F)(F)(F)F)cc2Cl)cc1. The van der Waals surface area contributed by atoms with Gasteiger partial charge in [0.25, 0.3) is 0 Å². The fourth-order valence-corrected chi connectivity index (χ4v) is 6.14. The number of rotatable bonds is 8. The third-order valence-corrected chi connectivity index (χ3v) is 9.11. The number of nitrogens with zero attached hydrogens (tertiary/aromatic N) is 3. The smallest absolute Gasteiger partial charge is 0.413 e. The average Bonchev–Trinajstić information content (AvgIpc) is 3.58. The van der Waals surface area contributed by atoms with E-state index in [1.165, 1.54) is 24.3 Å². The molecule has 1 aliphatic rings. The topological polar surface area (TPSA) is 157 Å². The molecule has 1 heterocycles. The summed E-state index contributed by atoms with van der Waals surface area (Å²) >= 11 is 11.9. The number of sulfone groups is 1. The number of hydrogen-bond acceptors (Lipinski definition) is 7. The first kappa shape index (κ1) is 31.3. The van der Waals surface area contributed by atoms with Gasteiger partial charge in [-0.05, 0) is 42.7 Å². The summed E-state index contributed by atoms with van der Waals surface area (Å²) in [4.78, 5) is 22.8. The van der Waals surface area contributed by atoms with Gasteiger partial charge in [-0.1, -0.05) is 54.8 Å². The summed E-state index contributed by atoms with van der Waals surface area (Å²) in [6.07, 6.45) is 0.0152. The van der Waals surface area contributed by atoms with Crippen LogP contribution < -0.4 is 11.1 Å². The third-order valence-electron chi connectivity index (χ3n) is 6.28. The maximum absolute atomic E-state index is 13.4. The van der Waals surface area contributed by atoms with Gasteiger partial charge in [0.2, 0.25) is 5.91 Å². The van der Waals surface area contributed by atoms with Crippen LogP contribution in [0.4, 0.5) is 30.0 Å². The van der Waals surface area contributed by atoms with E-state index in [-0.39, 0.29) is 35.4 Å². The molecule has 0 unspecified atom stereocenters. The Labute approximate surface area is 244 Å². The predicted molar refractivity (Wildman–Crippen MR) is 143 cm³/mol. The van der Waals surface area contributed by atoms with Crippen LogP contribution in [0.5, 0.6) is 0 Å². The van der Waals surface area contributed by atoms with Crippen molar-refractivity contribution in [3.63, 3.8) is 0 Å². The van der Waals surface area contributed by atoms with E-state index in [4.69, 9.17) is 33.7 Å². The molecule has 226 valence electrons. The third kappa shape index (κ3) is 6.11. The van der Waals surface area contributed by atoms with Crippen LogP contribution in [0, 0.1) is 11.3 Å². The highest BCUT2D eigenvalue weighted by atomic mass is 35.5. The maximum Gasteiger partial charge on any atom is 0.413 e. The van der Waals surface area contributed by atoms with E-state index in [1.807, 2.05) is 0 Å². The second-order valence-electron chi connectivity index (χ2n) is 9.36. The molecule has 3 N–H and O–H groups in total. The van der Waals surface area contributed by atoms with Crippen LogP contribution in [0.3, 0.4) is 0 Å². The minimum atomic E-state index is -10.2. The average molecular weight is 674 g/mol. The van der Waals surface area contributed by atoms with Crippen LogP contribution in [0.2, 0.25) is 10.0 Å². The number of hydrogen-bond donors (Lipinski definition) is 2. The molecule has 0 bridgehead atoms. The van der Waals surface area contributed by atoms with Crippen LogP contribution >= 0.6 is 33.4 Å². The van der Waals surface area contributed by atoms with Gasteiger partial charge < -0.3 is 10.5 Å². The van der Waals surface area contributed by atoms with Gasteiger partial charge in [-0.15, -0.1) is 0 Å². The first-order chi connectivity index (χ1) is 19.1. The molecule has 2 amide bonds. The number of benzene rings is 2. The zero-order valence-electron chi connectivity index (χ0n) is 21.0. The predicted octanol–water partition coefficient (Wildman–Crippen LogP) is 6.38. The van der Waals surface area contributed by atoms with E-state index in [1.54, 1.807) is 6.07 Å². The molecule has 1 fully saturated rings. The van der Waals surface area contributed by atoms with Crippen molar-refractivity contribution in [2.45, 2.75) is 34.7 Å². The summed E-state index contributed by atoms with van der Waals surface area (Å²) in [5.41, 5.74) is 3.07. The quantitative estimate of drug-likeness (QED) is 0.263. The van der Waals surface area contributed by atoms with Crippen LogP contribution in [0.25, 0.3) is 5.69 Å². The first-order valence-corrected chi connectivity index (χ1v) is 16.0. The molecule has 0 radical (unpaired) electrons. The first-order valence-electron chi connectivity index (χ1n) is 11.4. The van der Waals surface area contributed by atoms with Gasteiger partial charge in [0.1, 0.15) is 29.1 Å². The Morgan fingerprint density at radius 1 is 1.14 bits per heavy atom. The highest BCUT2D eigenvalue weighted by Crippen LogP contribution is 3.02. The minimum Gasteiger partial charge on any atom is -0.444 e. The number of carbonyl (C=O) groups excluding carboxylic acids is 2. The van der Waals surface area contributed by atoms with E-state index >= 15 is 0 Å². The molecule has 4 rings (SSSR count). The fraction of sp³-hybridized carbons (Fsp3) is 0.217. The van der Waals surface area contributed by atoms with Crippen LogP contribution in [0.15, 0.2) is 46.2 Å². The van der Waals surface area contributed by atoms with Crippen molar-refractivity contribution in [3.8, 4) is 11.8 Å². The second-order valence-corrected chi connectivity index (χ2v) is 14.6. The van der Waals surface area contributed by atoms with Crippen molar-refractivity contribution in [1.82, 2.24) is 9.78 Å². The van der Waals surface area contributed by atoms with Gasteiger partial charge in [-0.3, -0.25) is 10.1 Å². The number of carbonyl (C=O) groups is 2. The molecule has 1 aromatic heterocycles. The summed E-state index contributed by atoms with van der Waals surface area (Å²) < 4.78 is 96.2. The number of nitrogens with one attached hydrogen (secondary N) is 1. The largest absolute Gasteiger partial charge is 0.444 e. The molecule has 42 heavy (non-hydrogen) atoms. The normalized spacial score (nSPS) is 16.1. The Hall–Kier alpha value is -3.59. The molecule has 0 saturated heterocycles. The summed E-state index contributed by atoms with van der Waals surface area (Å²) in [6, 6.07) is 6.84. The molecule has 19 heteroatoms. The lowest BCUT2D eigenvalue weighted by Gasteiger charge is -2.40. The zero-order chi connectivity index (χ0) is 31.5. The highest BCUT2D eigenvalue weighted by molar-refractivity contribution is 8.45. The number of ether oxygens (including phenoxy) is 1. The van der Waals surface area contributed by atoms with Crippen LogP contribution in [0.1, 0.15) is 29.7 Å². The molecule has 1 saturated carbocycles. The molecular formula is C23H18Cl2F5N5O5S2. The highest BCUT2D eigenvalue weighted by Gasteiger charge is 2.65. The number of aromatic nitrogens is 2. The molecule has 1 aliphatic carbocycles. The van der Waals surface area contributed by atoms with Crippen molar-refractivity contribution in [3.05, 3.63) is 63.3 Å². The number of halogens is 7. The molecular weight excluding hydrogens is 656 g/mol. The number of anilines is 1. The van der Waals surface area contributed by atoms with Crippen molar-refractivity contribution in [1.29, 1.82) is 5.26 Å². The van der Waals surface area contributed by atoms with Crippen LogP contribution in [-0.4, -0.2) is 36.5 Å². The molecule has 3 aromatic rings. The van der Waals surface area contributed by atoms with Gasteiger partial charge in [0, 0.05) is 11.8 Å². The van der Waals surface area contributed by atoms with E-state index in [0.717, 1.165) is 6.26 Å². The van der Waals surface area contributed by atoms with Crippen LogP contribution in [-0.2, 0) is 31.4 Å². The Balaban J connectivity index is 1.78. The van der Waals surface area contributed by atoms with Crippen molar-refractivity contribution >= 4 is 61.1 Å². The van der Waals surface area contributed by atoms with Gasteiger partial charge in [-0.25, -0.2) is 17.9 Å². The van der Waals surface area contributed by atoms with Gasteiger partial charge in [-0.2, -0.15) is 10.4 Å². The Morgan fingerprint density at radius 3 is 2.12 bits per heavy atom. The Morgan fingerprint density at radius 2 is 1.69 bits per heavy atom. The maximum atomic E-state index is 13.4. The lowest BCUT2D eigenvalue weighted by Crippen LogP contribution is -2.30. The monoisotopic (exact) mass is 673 g/mol. The molecule has 0 atom stereocenters. The van der Waals surface area contributed by atoms with Gasteiger partial charge in [0.15, 0.2) is 15.5 Å². The number of amides is 2. The molecule has 2 aromatic carbocycles. The van der Waals surface area contributed by atoms with E-state index < -0.39 is 76.2 Å². The molecule has 0 aliphatic heterocycles. The number of nitriles is 1. The lowest BCUT2D eigenvalue weighted by molar-refractivity contribution is -0.120. The van der Waals surface area contributed by atoms with Crippen molar-refractivity contribution < 1.29 is 42.2 Å². The lowest BCUT2D eigenvalue weighted by atomic mass is 9.94. The Bertz CT molecular complexity index is 1780. The zero-order valence-corrected chi connectivity index (χ0v) is 24.2. The van der Waals surface area contributed by atoms with Gasteiger partial charge in [0.05, 0.1) is 20.4 Å². The van der Waals surface area contributed by atoms with E-state index in [0.29, 0.717) is 10.2 Å². The number of primary amides is 1. The van der Waals surface area contributed by atoms with E-state index in [2.05, 4.69) is 10.4 Å².